The summed E-state index contributed by atoms with van der Waals surface area (Å²) in [5.41, 5.74) is 1.62. The number of aryl methyl sites for hydroxylation is 1. The van der Waals surface area contributed by atoms with Gasteiger partial charge < -0.3 is 15.2 Å². The van der Waals surface area contributed by atoms with Crippen molar-refractivity contribution in [2.75, 3.05) is 0 Å². The number of amides is 1. The fraction of sp³-hybridized carbons (Fsp3) is 0.462. The predicted octanol–water partition coefficient (Wildman–Crippen LogP) is 1.73. The average molecular weight is 266 g/mol. The van der Waals surface area contributed by atoms with Crippen LogP contribution in [0.2, 0.25) is 0 Å². The highest BCUT2D eigenvalue weighted by atomic mass is 16.5. The van der Waals surface area contributed by atoms with Gasteiger partial charge in [0.25, 0.3) is 0 Å². The molecule has 1 amide bonds. The standard InChI is InChI=1S/C13H18N2O4/c1-8(2)11(12(16)17)15-13(18)19-7-10-5-4-9(3)14-6-10/h4-6,8,11H,7H2,1-3H3,(H,15,18)(H,16,17). The van der Waals surface area contributed by atoms with Crippen LogP contribution in [0.4, 0.5) is 4.79 Å². The van der Waals surface area contributed by atoms with E-state index >= 15 is 0 Å². The Bertz CT molecular complexity index is 442. The number of rotatable bonds is 5. The van der Waals surface area contributed by atoms with Gasteiger partial charge in [-0.2, -0.15) is 0 Å². The summed E-state index contributed by atoms with van der Waals surface area (Å²) in [5, 5.41) is 11.2. The summed E-state index contributed by atoms with van der Waals surface area (Å²) in [6, 6.07) is 2.65. The normalized spacial score (nSPS) is 12.0. The van der Waals surface area contributed by atoms with Gasteiger partial charge in [-0.25, -0.2) is 9.59 Å². The minimum atomic E-state index is -1.08. The van der Waals surface area contributed by atoms with Crippen molar-refractivity contribution >= 4 is 12.1 Å². The minimum Gasteiger partial charge on any atom is -0.480 e. The first-order chi connectivity index (χ1) is 8.90. The largest absolute Gasteiger partial charge is 0.480 e. The van der Waals surface area contributed by atoms with Crippen LogP contribution < -0.4 is 5.32 Å². The zero-order valence-corrected chi connectivity index (χ0v) is 11.2. The van der Waals surface area contributed by atoms with Crippen molar-refractivity contribution in [2.45, 2.75) is 33.4 Å². The van der Waals surface area contributed by atoms with E-state index in [-0.39, 0.29) is 12.5 Å². The van der Waals surface area contributed by atoms with Gasteiger partial charge in [0.05, 0.1) is 0 Å². The molecule has 0 radical (unpaired) electrons. The molecule has 0 fully saturated rings. The molecular weight excluding hydrogens is 248 g/mol. The molecule has 0 aliphatic rings. The van der Waals surface area contributed by atoms with E-state index in [9.17, 15) is 9.59 Å². The summed E-state index contributed by atoms with van der Waals surface area (Å²) in [5.74, 6) is -1.30. The minimum absolute atomic E-state index is 0.0591. The molecule has 104 valence electrons. The Kier molecular flexibility index (Phi) is 5.29. The molecule has 0 saturated carbocycles. The number of hydrogen-bond acceptors (Lipinski definition) is 4. The lowest BCUT2D eigenvalue weighted by Crippen LogP contribution is -2.44. The molecule has 0 aromatic carbocycles. The zero-order chi connectivity index (χ0) is 14.4. The van der Waals surface area contributed by atoms with E-state index in [0.717, 1.165) is 11.3 Å². The van der Waals surface area contributed by atoms with Crippen LogP contribution in [0.15, 0.2) is 18.3 Å². The Morgan fingerprint density at radius 3 is 2.58 bits per heavy atom. The van der Waals surface area contributed by atoms with E-state index in [4.69, 9.17) is 9.84 Å². The molecular formula is C13H18N2O4. The quantitative estimate of drug-likeness (QED) is 0.847. The number of nitrogens with one attached hydrogen (secondary N) is 1. The lowest BCUT2D eigenvalue weighted by Gasteiger charge is -2.17. The maximum Gasteiger partial charge on any atom is 0.408 e. The molecule has 1 rings (SSSR count). The first-order valence-corrected chi connectivity index (χ1v) is 5.97. The van der Waals surface area contributed by atoms with Crippen molar-refractivity contribution in [1.82, 2.24) is 10.3 Å². The number of nitrogens with zero attached hydrogens (tertiary/aromatic N) is 1. The van der Waals surface area contributed by atoms with Crippen LogP contribution in [0.5, 0.6) is 0 Å². The lowest BCUT2D eigenvalue weighted by atomic mass is 10.1. The summed E-state index contributed by atoms with van der Waals surface area (Å²) < 4.78 is 4.95. The number of pyridine rings is 1. The smallest absolute Gasteiger partial charge is 0.408 e. The number of carbonyl (C=O) groups excluding carboxylic acids is 1. The third kappa shape index (κ3) is 4.95. The Morgan fingerprint density at radius 1 is 1.42 bits per heavy atom. The van der Waals surface area contributed by atoms with Gasteiger partial charge in [-0.15, -0.1) is 0 Å². The van der Waals surface area contributed by atoms with Crippen LogP contribution in [-0.2, 0) is 16.1 Å². The topological polar surface area (TPSA) is 88.5 Å². The number of carboxylic acids is 1. The molecule has 1 atom stereocenters. The monoisotopic (exact) mass is 266 g/mol. The van der Waals surface area contributed by atoms with E-state index in [1.165, 1.54) is 0 Å². The summed E-state index contributed by atoms with van der Waals surface area (Å²) in [6.45, 7) is 5.34. The number of aliphatic carboxylic acids is 1. The first-order valence-electron chi connectivity index (χ1n) is 5.97. The molecule has 0 spiro atoms. The van der Waals surface area contributed by atoms with E-state index in [0.29, 0.717) is 0 Å². The van der Waals surface area contributed by atoms with E-state index in [1.807, 2.05) is 13.0 Å². The second-order valence-electron chi connectivity index (χ2n) is 4.59. The number of alkyl carbamates (subject to hydrolysis) is 1. The molecule has 0 saturated heterocycles. The fourth-order valence-electron chi connectivity index (χ4n) is 1.41. The van der Waals surface area contributed by atoms with Gasteiger partial charge in [-0.3, -0.25) is 4.98 Å². The molecule has 1 heterocycles. The van der Waals surface area contributed by atoms with Gasteiger partial charge in [0.15, 0.2) is 0 Å². The van der Waals surface area contributed by atoms with Crippen molar-refractivity contribution in [2.24, 2.45) is 5.92 Å². The highest BCUT2D eigenvalue weighted by Crippen LogP contribution is 2.04. The molecule has 2 N–H and O–H groups in total. The Morgan fingerprint density at radius 2 is 2.11 bits per heavy atom. The Balaban J connectivity index is 2.47. The zero-order valence-electron chi connectivity index (χ0n) is 11.2. The van der Waals surface area contributed by atoms with Crippen LogP contribution in [0.25, 0.3) is 0 Å². The molecule has 6 heteroatoms. The maximum absolute atomic E-state index is 11.5. The summed E-state index contributed by atoms with van der Waals surface area (Å²) in [7, 11) is 0. The Labute approximate surface area is 111 Å². The van der Waals surface area contributed by atoms with Crippen molar-refractivity contribution in [3.63, 3.8) is 0 Å². The lowest BCUT2D eigenvalue weighted by molar-refractivity contribution is -0.140. The third-order valence-corrected chi connectivity index (χ3v) is 2.55. The van der Waals surface area contributed by atoms with Gasteiger partial charge in [0.2, 0.25) is 0 Å². The van der Waals surface area contributed by atoms with E-state index < -0.39 is 18.1 Å². The summed E-state index contributed by atoms with van der Waals surface area (Å²) >= 11 is 0. The predicted molar refractivity (Wildman–Crippen MR) is 68.6 cm³/mol. The van der Waals surface area contributed by atoms with Crippen LogP contribution in [0, 0.1) is 12.8 Å². The molecule has 0 bridgehead atoms. The summed E-state index contributed by atoms with van der Waals surface area (Å²) in [4.78, 5) is 26.5. The van der Waals surface area contributed by atoms with E-state index in [2.05, 4.69) is 10.3 Å². The van der Waals surface area contributed by atoms with Crippen LogP contribution in [-0.4, -0.2) is 28.2 Å². The number of carbonyl (C=O) groups is 2. The van der Waals surface area contributed by atoms with Crippen molar-refractivity contribution in [3.8, 4) is 0 Å². The highest BCUT2D eigenvalue weighted by Gasteiger charge is 2.23. The SMILES string of the molecule is Cc1ccc(COC(=O)NC(C(=O)O)C(C)C)cn1. The first kappa shape index (κ1) is 14.9. The number of aromatic nitrogens is 1. The number of carboxylic acid groups (broad SMARTS) is 1. The van der Waals surface area contributed by atoms with Gasteiger partial charge >= 0.3 is 12.1 Å². The molecule has 1 aromatic rings. The van der Waals surface area contributed by atoms with Crippen LogP contribution >= 0.6 is 0 Å². The number of hydrogen-bond donors (Lipinski definition) is 2. The second kappa shape index (κ2) is 6.72. The van der Waals surface area contributed by atoms with Gasteiger partial charge in [0.1, 0.15) is 12.6 Å². The average Bonchev–Trinajstić information content (AvgIpc) is 2.34. The third-order valence-electron chi connectivity index (χ3n) is 2.55. The molecule has 0 aliphatic carbocycles. The molecule has 19 heavy (non-hydrogen) atoms. The van der Waals surface area contributed by atoms with Gasteiger partial charge in [0, 0.05) is 17.5 Å². The molecule has 1 aromatic heterocycles. The van der Waals surface area contributed by atoms with Crippen molar-refractivity contribution < 1.29 is 19.4 Å². The Hall–Kier alpha value is -2.11. The maximum atomic E-state index is 11.5. The fourth-order valence-corrected chi connectivity index (χ4v) is 1.41. The molecule has 1 unspecified atom stereocenters. The number of ether oxygens (including phenoxy) is 1. The van der Waals surface area contributed by atoms with Crippen LogP contribution in [0.3, 0.4) is 0 Å². The van der Waals surface area contributed by atoms with E-state index in [1.54, 1.807) is 26.1 Å². The highest BCUT2D eigenvalue weighted by molar-refractivity contribution is 5.80. The van der Waals surface area contributed by atoms with Crippen molar-refractivity contribution in [1.29, 1.82) is 0 Å². The summed E-state index contributed by atoms with van der Waals surface area (Å²) in [6.07, 6.45) is 0.862. The van der Waals surface area contributed by atoms with Gasteiger partial charge in [-0.1, -0.05) is 19.9 Å². The van der Waals surface area contributed by atoms with Gasteiger partial charge in [-0.05, 0) is 18.9 Å². The van der Waals surface area contributed by atoms with Crippen molar-refractivity contribution in [3.05, 3.63) is 29.6 Å². The molecule has 6 nitrogen and oxygen atoms in total. The second-order valence-corrected chi connectivity index (χ2v) is 4.59. The molecule has 0 aliphatic heterocycles. The van der Waals surface area contributed by atoms with Crippen LogP contribution in [0.1, 0.15) is 25.1 Å².